The van der Waals surface area contributed by atoms with Crippen molar-refractivity contribution >= 4 is 17.5 Å². The lowest BCUT2D eigenvalue weighted by Crippen LogP contribution is -2.32. The fourth-order valence-electron chi connectivity index (χ4n) is 1.59. The largest absolute Gasteiger partial charge is 0.349 e. The van der Waals surface area contributed by atoms with E-state index in [1.54, 1.807) is 12.3 Å². The third kappa shape index (κ3) is 3.60. The first-order valence-electron chi connectivity index (χ1n) is 5.69. The van der Waals surface area contributed by atoms with E-state index in [0.29, 0.717) is 13.0 Å². The number of carbonyl (C=O) groups excluding carboxylic acids is 1. The minimum Gasteiger partial charge on any atom is -0.349 e. The molecule has 94 valence electrons. The quantitative estimate of drug-likeness (QED) is 0.810. The van der Waals surface area contributed by atoms with Crippen LogP contribution in [-0.2, 0) is 17.8 Å². The van der Waals surface area contributed by atoms with E-state index in [4.69, 9.17) is 11.6 Å². The van der Waals surface area contributed by atoms with Gasteiger partial charge < -0.3 is 5.32 Å². The van der Waals surface area contributed by atoms with Gasteiger partial charge in [-0.25, -0.2) is 0 Å². The van der Waals surface area contributed by atoms with E-state index in [2.05, 4.69) is 15.5 Å². The third-order valence-corrected chi connectivity index (χ3v) is 2.91. The van der Waals surface area contributed by atoms with Crippen LogP contribution in [0.3, 0.4) is 0 Å². The standard InChI is InChI=1S/C13H14ClN3O/c14-12(8-10-4-2-1-3-5-10)13(18)15-9-11-6-7-16-17-11/h1-7,12H,8-9H2,(H,15,18)(H,16,17). The molecule has 0 aliphatic carbocycles. The van der Waals surface area contributed by atoms with Crippen molar-refractivity contribution in [1.29, 1.82) is 0 Å². The number of nitrogens with zero attached hydrogens (tertiary/aromatic N) is 1. The van der Waals surface area contributed by atoms with Crippen molar-refractivity contribution < 1.29 is 4.79 Å². The summed E-state index contributed by atoms with van der Waals surface area (Å²) in [6.07, 6.45) is 2.17. The lowest BCUT2D eigenvalue weighted by Gasteiger charge is -2.09. The van der Waals surface area contributed by atoms with Gasteiger partial charge in [-0.3, -0.25) is 9.89 Å². The van der Waals surface area contributed by atoms with Gasteiger partial charge in [0, 0.05) is 6.20 Å². The van der Waals surface area contributed by atoms with Crippen molar-refractivity contribution in [2.75, 3.05) is 0 Å². The van der Waals surface area contributed by atoms with E-state index >= 15 is 0 Å². The number of carbonyl (C=O) groups is 1. The number of alkyl halides is 1. The lowest BCUT2D eigenvalue weighted by molar-refractivity contribution is -0.120. The maximum Gasteiger partial charge on any atom is 0.238 e. The maximum absolute atomic E-state index is 11.8. The van der Waals surface area contributed by atoms with Crippen LogP contribution in [0.1, 0.15) is 11.3 Å². The molecule has 0 radical (unpaired) electrons. The fraction of sp³-hybridized carbons (Fsp3) is 0.231. The molecule has 0 spiro atoms. The van der Waals surface area contributed by atoms with Crippen LogP contribution in [0.25, 0.3) is 0 Å². The molecule has 0 saturated heterocycles. The number of aromatic amines is 1. The number of hydrogen-bond acceptors (Lipinski definition) is 2. The topological polar surface area (TPSA) is 57.8 Å². The van der Waals surface area contributed by atoms with Gasteiger partial charge in [0.2, 0.25) is 5.91 Å². The number of H-pyrrole nitrogens is 1. The molecule has 0 saturated carbocycles. The van der Waals surface area contributed by atoms with Crippen LogP contribution in [-0.4, -0.2) is 21.5 Å². The van der Waals surface area contributed by atoms with Gasteiger partial charge in [-0.2, -0.15) is 5.10 Å². The second kappa shape index (κ2) is 6.21. The van der Waals surface area contributed by atoms with Crippen molar-refractivity contribution in [1.82, 2.24) is 15.5 Å². The number of halogens is 1. The second-order valence-corrected chi connectivity index (χ2v) is 4.48. The van der Waals surface area contributed by atoms with Gasteiger partial charge >= 0.3 is 0 Å². The van der Waals surface area contributed by atoms with Gasteiger partial charge in [0.05, 0.1) is 12.2 Å². The number of nitrogens with one attached hydrogen (secondary N) is 2. The molecule has 2 aromatic rings. The van der Waals surface area contributed by atoms with Crippen LogP contribution >= 0.6 is 11.6 Å². The molecule has 1 amide bonds. The highest BCUT2D eigenvalue weighted by Gasteiger charge is 2.15. The van der Waals surface area contributed by atoms with E-state index < -0.39 is 5.38 Å². The van der Waals surface area contributed by atoms with Gasteiger partial charge in [0.25, 0.3) is 0 Å². The monoisotopic (exact) mass is 263 g/mol. The molecule has 2 rings (SSSR count). The predicted molar refractivity (Wildman–Crippen MR) is 70.2 cm³/mol. The number of hydrogen-bond donors (Lipinski definition) is 2. The van der Waals surface area contributed by atoms with Crippen LogP contribution in [0, 0.1) is 0 Å². The Kier molecular flexibility index (Phi) is 4.36. The molecule has 1 atom stereocenters. The van der Waals surface area contributed by atoms with Crippen LogP contribution in [0.4, 0.5) is 0 Å². The number of rotatable bonds is 5. The van der Waals surface area contributed by atoms with Crippen LogP contribution < -0.4 is 5.32 Å². The Hall–Kier alpha value is -1.81. The summed E-state index contributed by atoms with van der Waals surface area (Å²) in [6, 6.07) is 11.5. The molecule has 2 N–H and O–H groups in total. The average molecular weight is 264 g/mol. The highest BCUT2D eigenvalue weighted by atomic mass is 35.5. The summed E-state index contributed by atoms with van der Waals surface area (Å²) in [5.41, 5.74) is 1.90. The third-order valence-electron chi connectivity index (χ3n) is 2.55. The normalized spacial score (nSPS) is 12.1. The van der Waals surface area contributed by atoms with E-state index in [0.717, 1.165) is 11.3 Å². The zero-order chi connectivity index (χ0) is 12.8. The summed E-state index contributed by atoms with van der Waals surface area (Å²) in [4.78, 5) is 11.8. The summed E-state index contributed by atoms with van der Waals surface area (Å²) >= 11 is 6.07. The summed E-state index contributed by atoms with van der Waals surface area (Å²) in [7, 11) is 0. The smallest absolute Gasteiger partial charge is 0.238 e. The van der Waals surface area contributed by atoms with E-state index in [9.17, 15) is 4.79 Å². The Bertz CT molecular complexity index is 484. The number of benzene rings is 1. The molecule has 0 aliphatic rings. The molecule has 18 heavy (non-hydrogen) atoms. The fourth-order valence-corrected chi connectivity index (χ4v) is 1.85. The van der Waals surface area contributed by atoms with Crippen LogP contribution in [0.5, 0.6) is 0 Å². The molecule has 1 aromatic carbocycles. The molecule has 1 heterocycles. The van der Waals surface area contributed by atoms with Gasteiger partial charge in [-0.05, 0) is 18.1 Å². The van der Waals surface area contributed by atoms with Gasteiger partial charge in [0.1, 0.15) is 5.38 Å². The minimum absolute atomic E-state index is 0.171. The van der Waals surface area contributed by atoms with Crippen molar-refractivity contribution in [3.8, 4) is 0 Å². The van der Waals surface area contributed by atoms with E-state index in [1.807, 2.05) is 30.3 Å². The van der Waals surface area contributed by atoms with Crippen LogP contribution in [0.2, 0.25) is 0 Å². The molecule has 0 fully saturated rings. The summed E-state index contributed by atoms with van der Waals surface area (Å²) < 4.78 is 0. The molecule has 0 aliphatic heterocycles. The van der Waals surface area contributed by atoms with Gasteiger partial charge in [-0.1, -0.05) is 30.3 Å². The first kappa shape index (κ1) is 12.6. The zero-order valence-electron chi connectivity index (χ0n) is 9.77. The maximum atomic E-state index is 11.8. The Morgan fingerprint density at radius 1 is 1.33 bits per heavy atom. The summed E-state index contributed by atoms with van der Waals surface area (Å²) in [5, 5.41) is 8.78. The van der Waals surface area contributed by atoms with Gasteiger partial charge in [-0.15, -0.1) is 11.6 Å². The SMILES string of the molecule is O=C(NCc1ccn[nH]1)C(Cl)Cc1ccccc1. The number of aromatic nitrogens is 2. The van der Waals surface area contributed by atoms with Crippen LogP contribution in [0.15, 0.2) is 42.6 Å². The minimum atomic E-state index is -0.560. The van der Waals surface area contributed by atoms with E-state index in [1.165, 1.54) is 0 Å². The summed E-state index contributed by atoms with van der Waals surface area (Å²) in [5.74, 6) is -0.171. The molecule has 4 nitrogen and oxygen atoms in total. The molecule has 5 heteroatoms. The highest BCUT2D eigenvalue weighted by molar-refractivity contribution is 6.30. The number of amides is 1. The van der Waals surface area contributed by atoms with Crippen molar-refractivity contribution in [2.45, 2.75) is 18.3 Å². The van der Waals surface area contributed by atoms with Crippen molar-refractivity contribution in [3.63, 3.8) is 0 Å². The Morgan fingerprint density at radius 2 is 2.11 bits per heavy atom. The lowest BCUT2D eigenvalue weighted by atomic mass is 10.1. The summed E-state index contributed by atoms with van der Waals surface area (Å²) in [6.45, 7) is 0.414. The molecule has 1 unspecified atom stereocenters. The predicted octanol–water partition coefficient (Wildman–Crippen LogP) is 1.88. The first-order chi connectivity index (χ1) is 8.75. The zero-order valence-corrected chi connectivity index (χ0v) is 10.5. The van der Waals surface area contributed by atoms with Crippen molar-refractivity contribution in [3.05, 3.63) is 53.9 Å². The Labute approximate surface area is 110 Å². The Balaban J connectivity index is 1.82. The Morgan fingerprint density at radius 3 is 2.78 bits per heavy atom. The van der Waals surface area contributed by atoms with E-state index in [-0.39, 0.29) is 5.91 Å². The molecular weight excluding hydrogens is 250 g/mol. The molecule has 1 aromatic heterocycles. The average Bonchev–Trinajstić information content (AvgIpc) is 2.90. The first-order valence-corrected chi connectivity index (χ1v) is 6.13. The molecular formula is C13H14ClN3O. The van der Waals surface area contributed by atoms with Crippen molar-refractivity contribution in [2.24, 2.45) is 0 Å². The highest BCUT2D eigenvalue weighted by Crippen LogP contribution is 2.08. The second-order valence-electron chi connectivity index (χ2n) is 3.96. The van der Waals surface area contributed by atoms with Gasteiger partial charge in [0.15, 0.2) is 0 Å². The molecule has 0 bridgehead atoms.